The van der Waals surface area contributed by atoms with E-state index in [9.17, 15) is 0 Å². The van der Waals surface area contributed by atoms with Gasteiger partial charge < -0.3 is 14.8 Å². The number of rotatable bonds is 8. The van der Waals surface area contributed by atoms with Crippen LogP contribution in [-0.4, -0.2) is 32.6 Å². The van der Waals surface area contributed by atoms with E-state index in [4.69, 9.17) is 9.47 Å². The lowest BCUT2D eigenvalue weighted by Gasteiger charge is -2.17. The molecular formula is C9H18BrNO2. The van der Waals surface area contributed by atoms with Crippen LogP contribution in [0.3, 0.4) is 0 Å². The summed E-state index contributed by atoms with van der Waals surface area (Å²) in [4.78, 5) is 0. The van der Waals surface area contributed by atoms with E-state index in [0.29, 0.717) is 19.8 Å². The van der Waals surface area contributed by atoms with Gasteiger partial charge in [-0.15, -0.1) is 0 Å². The fourth-order valence-corrected chi connectivity index (χ4v) is 1.06. The van der Waals surface area contributed by atoms with Crippen molar-refractivity contribution >= 4 is 15.9 Å². The quantitative estimate of drug-likeness (QED) is 0.669. The molecule has 0 spiro atoms. The summed E-state index contributed by atoms with van der Waals surface area (Å²) in [6.07, 6.45) is -0.151. The summed E-state index contributed by atoms with van der Waals surface area (Å²) in [6.45, 7) is 10.4. The molecule has 78 valence electrons. The van der Waals surface area contributed by atoms with Gasteiger partial charge in [0.2, 0.25) is 0 Å². The third-order valence-corrected chi connectivity index (χ3v) is 1.61. The summed E-state index contributed by atoms with van der Waals surface area (Å²) in [5, 5.41) is 3.16. The highest BCUT2D eigenvalue weighted by Crippen LogP contribution is 1.98. The maximum absolute atomic E-state index is 5.33. The lowest BCUT2D eigenvalue weighted by molar-refractivity contribution is -0.132. The minimum absolute atomic E-state index is 0.151. The van der Waals surface area contributed by atoms with Crippen LogP contribution in [0.4, 0.5) is 0 Å². The van der Waals surface area contributed by atoms with Crippen molar-refractivity contribution in [2.75, 3.05) is 26.3 Å². The predicted octanol–water partition coefficient (Wildman–Crippen LogP) is 1.88. The topological polar surface area (TPSA) is 30.5 Å². The third kappa shape index (κ3) is 8.43. The molecule has 0 saturated carbocycles. The van der Waals surface area contributed by atoms with Gasteiger partial charge in [0.15, 0.2) is 6.29 Å². The van der Waals surface area contributed by atoms with Crippen molar-refractivity contribution < 1.29 is 9.47 Å². The molecule has 0 fully saturated rings. The highest BCUT2D eigenvalue weighted by Gasteiger charge is 2.06. The molecule has 0 aromatic heterocycles. The van der Waals surface area contributed by atoms with E-state index in [2.05, 4.69) is 27.8 Å². The first-order valence-electron chi connectivity index (χ1n) is 4.47. The number of hydrogen-bond donors (Lipinski definition) is 1. The average Bonchev–Trinajstić information content (AvgIpc) is 2.04. The van der Waals surface area contributed by atoms with Crippen LogP contribution in [0.15, 0.2) is 11.1 Å². The molecule has 0 atom stereocenters. The number of nitrogens with one attached hydrogen (secondary N) is 1. The Morgan fingerprint density at radius 1 is 1.38 bits per heavy atom. The molecule has 0 unspecified atom stereocenters. The van der Waals surface area contributed by atoms with Crippen molar-refractivity contribution in [1.29, 1.82) is 0 Å². The molecule has 0 heterocycles. The smallest absolute Gasteiger partial charge is 0.169 e. The molecule has 13 heavy (non-hydrogen) atoms. The minimum Gasteiger partial charge on any atom is -0.352 e. The lowest BCUT2D eigenvalue weighted by atomic mass is 10.5. The Labute approximate surface area is 88.6 Å². The Kier molecular flexibility index (Phi) is 8.75. The molecule has 3 nitrogen and oxygen atoms in total. The second-order valence-electron chi connectivity index (χ2n) is 2.49. The largest absolute Gasteiger partial charge is 0.352 e. The molecule has 0 radical (unpaired) electrons. The monoisotopic (exact) mass is 251 g/mol. The Morgan fingerprint density at radius 2 is 1.92 bits per heavy atom. The number of hydrogen-bond acceptors (Lipinski definition) is 3. The fourth-order valence-electron chi connectivity index (χ4n) is 0.863. The zero-order valence-electron chi connectivity index (χ0n) is 8.31. The summed E-state index contributed by atoms with van der Waals surface area (Å²) in [5.74, 6) is 0. The van der Waals surface area contributed by atoms with Gasteiger partial charge in [-0.1, -0.05) is 22.5 Å². The second kappa shape index (κ2) is 8.69. The van der Waals surface area contributed by atoms with Crippen molar-refractivity contribution in [2.45, 2.75) is 20.1 Å². The molecule has 0 aliphatic rings. The van der Waals surface area contributed by atoms with Gasteiger partial charge in [-0.3, -0.25) is 0 Å². The summed E-state index contributed by atoms with van der Waals surface area (Å²) in [5.41, 5.74) is 0. The van der Waals surface area contributed by atoms with Gasteiger partial charge in [0.1, 0.15) is 0 Å². The van der Waals surface area contributed by atoms with E-state index >= 15 is 0 Å². The van der Waals surface area contributed by atoms with Crippen molar-refractivity contribution in [1.82, 2.24) is 5.32 Å². The van der Waals surface area contributed by atoms with Crippen molar-refractivity contribution in [3.05, 3.63) is 11.1 Å². The van der Waals surface area contributed by atoms with E-state index in [0.717, 1.165) is 11.0 Å². The minimum atomic E-state index is -0.151. The Hall–Kier alpha value is 0.1000. The van der Waals surface area contributed by atoms with Crippen LogP contribution < -0.4 is 5.32 Å². The molecule has 0 saturated heterocycles. The van der Waals surface area contributed by atoms with Gasteiger partial charge in [-0.2, -0.15) is 0 Å². The van der Waals surface area contributed by atoms with Gasteiger partial charge >= 0.3 is 0 Å². The normalized spacial score (nSPS) is 10.8. The van der Waals surface area contributed by atoms with E-state index < -0.39 is 0 Å². The van der Waals surface area contributed by atoms with Crippen LogP contribution in [0.25, 0.3) is 0 Å². The molecule has 0 bridgehead atoms. The van der Waals surface area contributed by atoms with Gasteiger partial charge in [-0.25, -0.2) is 0 Å². The first-order chi connectivity index (χ1) is 6.20. The highest BCUT2D eigenvalue weighted by molar-refractivity contribution is 9.11. The SMILES string of the molecule is C=C(Br)CNCC(OCC)OCC. The molecule has 0 aliphatic heterocycles. The molecule has 4 heteroatoms. The summed E-state index contributed by atoms with van der Waals surface area (Å²) in [6, 6.07) is 0. The first kappa shape index (κ1) is 13.1. The molecule has 0 aromatic carbocycles. The van der Waals surface area contributed by atoms with E-state index in [-0.39, 0.29) is 6.29 Å². The Morgan fingerprint density at radius 3 is 2.31 bits per heavy atom. The zero-order valence-corrected chi connectivity index (χ0v) is 9.89. The lowest BCUT2D eigenvalue weighted by Crippen LogP contribution is -2.32. The zero-order chi connectivity index (χ0) is 10.1. The van der Waals surface area contributed by atoms with Gasteiger partial charge in [0.25, 0.3) is 0 Å². The third-order valence-electron chi connectivity index (χ3n) is 1.33. The van der Waals surface area contributed by atoms with Crippen LogP contribution in [0, 0.1) is 0 Å². The van der Waals surface area contributed by atoms with E-state index in [1.165, 1.54) is 0 Å². The van der Waals surface area contributed by atoms with Gasteiger partial charge in [0, 0.05) is 30.8 Å². The van der Waals surface area contributed by atoms with Crippen molar-refractivity contribution in [3.8, 4) is 0 Å². The highest BCUT2D eigenvalue weighted by atomic mass is 79.9. The van der Waals surface area contributed by atoms with Crippen LogP contribution in [-0.2, 0) is 9.47 Å². The molecule has 0 rings (SSSR count). The van der Waals surface area contributed by atoms with Crippen molar-refractivity contribution in [2.24, 2.45) is 0 Å². The Balaban J connectivity index is 3.49. The summed E-state index contributed by atoms with van der Waals surface area (Å²) in [7, 11) is 0. The maximum Gasteiger partial charge on any atom is 0.169 e. The molecule has 0 aromatic rings. The molecule has 1 N–H and O–H groups in total. The number of halogens is 1. The first-order valence-corrected chi connectivity index (χ1v) is 5.27. The molecular weight excluding hydrogens is 234 g/mol. The van der Waals surface area contributed by atoms with Crippen LogP contribution in [0.2, 0.25) is 0 Å². The molecule has 0 amide bonds. The second-order valence-corrected chi connectivity index (χ2v) is 3.61. The Bertz CT molecular complexity index is 136. The van der Waals surface area contributed by atoms with E-state index in [1.54, 1.807) is 0 Å². The van der Waals surface area contributed by atoms with Crippen LogP contribution in [0.5, 0.6) is 0 Å². The maximum atomic E-state index is 5.33. The van der Waals surface area contributed by atoms with Gasteiger partial charge in [-0.05, 0) is 13.8 Å². The van der Waals surface area contributed by atoms with Gasteiger partial charge in [0.05, 0.1) is 0 Å². The number of ether oxygens (including phenoxy) is 2. The summed E-state index contributed by atoms with van der Waals surface area (Å²) >= 11 is 3.26. The van der Waals surface area contributed by atoms with Crippen LogP contribution >= 0.6 is 15.9 Å². The van der Waals surface area contributed by atoms with Crippen LogP contribution in [0.1, 0.15) is 13.8 Å². The fraction of sp³-hybridized carbons (Fsp3) is 0.778. The van der Waals surface area contributed by atoms with E-state index in [1.807, 2.05) is 13.8 Å². The standard InChI is InChI=1S/C9H18BrNO2/c1-4-12-9(13-5-2)7-11-6-8(3)10/h9,11H,3-7H2,1-2H3. The molecule has 0 aliphatic carbocycles. The average molecular weight is 252 g/mol. The summed E-state index contributed by atoms with van der Waals surface area (Å²) < 4.78 is 11.6. The van der Waals surface area contributed by atoms with Crippen molar-refractivity contribution in [3.63, 3.8) is 0 Å². The predicted molar refractivity (Wildman–Crippen MR) is 58.0 cm³/mol.